The van der Waals surface area contributed by atoms with Gasteiger partial charge in [0.15, 0.2) is 5.78 Å². The Kier molecular flexibility index (Phi) is 3.52. The molecule has 102 valence electrons. The Labute approximate surface area is 123 Å². The van der Waals surface area contributed by atoms with Crippen LogP contribution in [0.4, 0.5) is 0 Å². The molecule has 0 bridgehead atoms. The van der Waals surface area contributed by atoms with Gasteiger partial charge in [-0.15, -0.1) is 0 Å². The lowest BCUT2D eigenvalue weighted by atomic mass is 10.00. The van der Waals surface area contributed by atoms with Crippen molar-refractivity contribution < 1.29 is 9.90 Å². The zero-order valence-corrected chi connectivity index (χ0v) is 11.4. The molecule has 2 nitrogen and oxygen atoms in total. The van der Waals surface area contributed by atoms with Crippen LogP contribution in [0.1, 0.15) is 15.9 Å². The fourth-order valence-electron chi connectivity index (χ4n) is 2.32. The number of allylic oxidation sites excluding steroid dienone is 1. The van der Waals surface area contributed by atoms with Crippen LogP contribution in [0, 0.1) is 0 Å². The maximum absolute atomic E-state index is 12.4. The van der Waals surface area contributed by atoms with Gasteiger partial charge in [0, 0.05) is 10.9 Å². The molecular formula is C19H14O2. The molecule has 0 saturated heterocycles. The quantitative estimate of drug-likeness (QED) is 0.566. The molecule has 1 N–H and O–H groups in total. The van der Waals surface area contributed by atoms with Gasteiger partial charge in [-0.2, -0.15) is 0 Å². The molecule has 0 aliphatic rings. The second kappa shape index (κ2) is 5.63. The highest BCUT2D eigenvalue weighted by Gasteiger charge is 2.09. The molecule has 0 aliphatic carbocycles. The van der Waals surface area contributed by atoms with E-state index in [4.69, 9.17) is 0 Å². The van der Waals surface area contributed by atoms with E-state index in [2.05, 4.69) is 0 Å². The number of phenolic OH excluding ortho intramolecular Hbond substituents is 1. The number of rotatable bonds is 3. The van der Waals surface area contributed by atoms with Crippen LogP contribution < -0.4 is 0 Å². The normalized spacial score (nSPS) is 11.0. The van der Waals surface area contributed by atoms with Gasteiger partial charge in [-0.3, -0.25) is 4.79 Å². The third-order valence-corrected chi connectivity index (χ3v) is 3.39. The molecule has 0 aliphatic heterocycles. The molecule has 0 amide bonds. The summed E-state index contributed by atoms with van der Waals surface area (Å²) in [7, 11) is 0. The van der Waals surface area contributed by atoms with Gasteiger partial charge in [-0.25, -0.2) is 0 Å². The van der Waals surface area contributed by atoms with Gasteiger partial charge in [0.25, 0.3) is 0 Å². The monoisotopic (exact) mass is 274 g/mol. The van der Waals surface area contributed by atoms with E-state index in [0.29, 0.717) is 10.9 Å². The Morgan fingerprint density at radius 3 is 2.24 bits per heavy atom. The van der Waals surface area contributed by atoms with E-state index in [0.717, 1.165) is 10.9 Å². The van der Waals surface area contributed by atoms with Crippen LogP contribution in [0.3, 0.4) is 0 Å². The molecule has 2 heteroatoms. The van der Waals surface area contributed by atoms with Crippen LogP contribution in [-0.4, -0.2) is 10.9 Å². The molecule has 0 spiro atoms. The van der Waals surface area contributed by atoms with Crippen molar-refractivity contribution in [2.24, 2.45) is 0 Å². The van der Waals surface area contributed by atoms with Crippen molar-refractivity contribution in [3.63, 3.8) is 0 Å². The van der Waals surface area contributed by atoms with Crippen LogP contribution in [0.15, 0.2) is 72.8 Å². The molecule has 0 unspecified atom stereocenters. The largest absolute Gasteiger partial charge is 0.507 e. The van der Waals surface area contributed by atoms with Crippen LogP contribution in [0.25, 0.3) is 16.8 Å². The molecule has 0 atom stereocenters. The zero-order valence-electron chi connectivity index (χ0n) is 11.4. The lowest BCUT2D eigenvalue weighted by molar-refractivity contribution is 0.104. The number of aromatic hydroxyl groups is 1. The summed E-state index contributed by atoms with van der Waals surface area (Å²) in [5.74, 6) is 0.115. The highest BCUT2D eigenvalue weighted by atomic mass is 16.3. The Balaban J connectivity index is 1.99. The SMILES string of the molecule is O=C(C=Cc1ccccc1)c1ccc(O)c2ccccc12. The van der Waals surface area contributed by atoms with E-state index in [-0.39, 0.29) is 11.5 Å². The number of ketones is 1. The van der Waals surface area contributed by atoms with Crippen molar-refractivity contribution in [1.82, 2.24) is 0 Å². The Hall–Kier alpha value is -2.87. The third kappa shape index (κ3) is 2.70. The second-order valence-corrected chi connectivity index (χ2v) is 4.79. The first kappa shape index (κ1) is 13.1. The molecule has 3 aromatic rings. The highest BCUT2D eigenvalue weighted by molar-refractivity contribution is 6.15. The van der Waals surface area contributed by atoms with Crippen molar-refractivity contribution in [3.05, 3.63) is 83.9 Å². The summed E-state index contributed by atoms with van der Waals surface area (Å²) in [4.78, 5) is 12.4. The summed E-state index contributed by atoms with van der Waals surface area (Å²) in [6, 6.07) is 20.3. The minimum Gasteiger partial charge on any atom is -0.507 e. The maximum atomic E-state index is 12.4. The Morgan fingerprint density at radius 2 is 1.48 bits per heavy atom. The van der Waals surface area contributed by atoms with Crippen LogP contribution >= 0.6 is 0 Å². The molecule has 3 aromatic carbocycles. The Morgan fingerprint density at radius 1 is 0.810 bits per heavy atom. The van der Waals surface area contributed by atoms with E-state index < -0.39 is 0 Å². The van der Waals surface area contributed by atoms with Crippen molar-refractivity contribution >= 4 is 22.6 Å². The van der Waals surface area contributed by atoms with Crippen LogP contribution in [-0.2, 0) is 0 Å². The molecule has 0 heterocycles. The number of fused-ring (bicyclic) bond motifs is 1. The predicted molar refractivity (Wildman–Crippen MR) is 85.4 cm³/mol. The summed E-state index contributed by atoms with van der Waals surface area (Å²) in [5, 5.41) is 11.3. The fourth-order valence-corrected chi connectivity index (χ4v) is 2.32. The number of carbonyl (C=O) groups excluding carboxylic acids is 1. The second-order valence-electron chi connectivity index (χ2n) is 4.79. The van der Waals surface area contributed by atoms with Gasteiger partial charge in [0.1, 0.15) is 5.75 Å². The smallest absolute Gasteiger partial charge is 0.186 e. The first-order chi connectivity index (χ1) is 10.3. The number of hydrogen-bond acceptors (Lipinski definition) is 2. The minimum absolute atomic E-state index is 0.0740. The van der Waals surface area contributed by atoms with Gasteiger partial charge in [0.05, 0.1) is 0 Å². The summed E-state index contributed by atoms with van der Waals surface area (Å²) >= 11 is 0. The third-order valence-electron chi connectivity index (χ3n) is 3.39. The highest BCUT2D eigenvalue weighted by Crippen LogP contribution is 2.27. The molecule has 21 heavy (non-hydrogen) atoms. The first-order valence-electron chi connectivity index (χ1n) is 6.74. The van der Waals surface area contributed by atoms with E-state index in [1.54, 1.807) is 24.3 Å². The van der Waals surface area contributed by atoms with E-state index in [1.807, 2.05) is 54.6 Å². The summed E-state index contributed by atoms with van der Waals surface area (Å²) in [6.07, 6.45) is 3.36. The predicted octanol–water partition coefficient (Wildman–Crippen LogP) is 4.44. The summed E-state index contributed by atoms with van der Waals surface area (Å²) in [5.41, 5.74) is 1.57. The zero-order chi connectivity index (χ0) is 14.7. The van der Waals surface area contributed by atoms with Crippen molar-refractivity contribution in [2.45, 2.75) is 0 Å². The maximum Gasteiger partial charge on any atom is 0.186 e. The molecule has 0 radical (unpaired) electrons. The van der Waals surface area contributed by atoms with E-state index >= 15 is 0 Å². The van der Waals surface area contributed by atoms with Gasteiger partial charge in [0.2, 0.25) is 0 Å². The molecule has 3 rings (SSSR count). The molecule has 0 aromatic heterocycles. The fraction of sp³-hybridized carbons (Fsp3) is 0. The van der Waals surface area contributed by atoms with Gasteiger partial charge < -0.3 is 5.11 Å². The molecule has 0 saturated carbocycles. The molecule has 0 fully saturated rings. The van der Waals surface area contributed by atoms with Crippen LogP contribution in [0.2, 0.25) is 0 Å². The number of phenols is 1. The van der Waals surface area contributed by atoms with Gasteiger partial charge in [-0.05, 0) is 29.2 Å². The number of carbonyl (C=O) groups is 1. The van der Waals surface area contributed by atoms with E-state index in [9.17, 15) is 9.90 Å². The van der Waals surface area contributed by atoms with Crippen molar-refractivity contribution in [2.75, 3.05) is 0 Å². The first-order valence-corrected chi connectivity index (χ1v) is 6.74. The summed E-state index contributed by atoms with van der Waals surface area (Å²) in [6.45, 7) is 0. The lowest BCUT2D eigenvalue weighted by Crippen LogP contribution is -1.95. The average Bonchev–Trinajstić information content (AvgIpc) is 2.54. The van der Waals surface area contributed by atoms with Crippen molar-refractivity contribution in [1.29, 1.82) is 0 Å². The van der Waals surface area contributed by atoms with Crippen molar-refractivity contribution in [3.8, 4) is 5.75 Å². The number of benzene rings is 3. The average molecular weight is 274 g/mol. The minimum atomic E-state index is -0.0740. The van der Waals surface area contributed by atoms with E-state index in [1.165, 1.54) is 0 Å². The Bertz CT molecular complexity index is 817. The van der Waals surface area contributed by atoms with Gasteiger partial charge in [-0.1, -0.05) is 60.7 Å². The standard InChI is InChI=1S/C19H14O2/c20-18(12-10-14-6-2-1-3-7-14)17-11-13-19(21)16-9-5-4-8-15(16)17/h1-13,21H. The topological polar surface area (TPSA) is 37.3 Å². The molecular weight excluding hydrogens is 260 g/mol. The lowest BCUT2D eigenvalue weighted by Gasteiger charge is -2.05. The number of hydrogen-bond donors (Lipinski definition) is 1. The van der Waals surface area contributed by atoms with Crippen LogP contribution in [0.5, 0.6) is 5.75 Å². The van der Waals surface area contributed by atoms with Gasteiger partial charge >= 0.3 is 0 Å². The summed E-state index contributed by atoms with van der Waals surface area (Å²) < 4.78 is 0.